The SMILES string of the molecule is CCCCCCCCCC(CCCCCCCC(=O)OCC(CC)CCCC)OC(=O)CCCCCCCC(OC(=O)CCCCCCC)C(CCCCCCCC)OC(=O)CCCCCCC. The second-order valence-corrected chi connectivity index (χ2v) is 20.7. The Balaban J connectivity index is 5.13. The van der Waals surface area contributed by atoms with Crippen LogP contribution in [-0.2, 0) is 38.1 Å². The van der Waals surface area contributed by atoms with E-state index in [1.165, 1.54) is 103 Å². The average Bonchev–Trinajstić information content (AvgIpc) is 3.33. The molecule has 0 aromatic rings. The van der Waals surface area contributed by atoms with Gasteiger partial charge in [0.1, 0.15) is 18.3 Å². The maximum absolute atomic E-state index is 13.2. The van der Waals surface area contributed by atoms with Crippen LogP contribution in [0, 0.1) is 5.92 Å². The van der Waals surface area contributed by atoms with Crippen molar-refractivity contribution in [3.05, 3.63) is 0 Å². The number of ether oxygens (including phenoxy) is 4. The second-order valence-electron chi connectivity index (χ2n) is 20.7. The molecule has 0 amide bonds. The molecule has 0 radical (unpaired) electrons. The van der Waals surface area contributed by atoms with Crippen LogP contribution in [0.5, 0.6) is 0 Å². The smallest absolute Gasteiger partial charge is 0.306 e. The number of unbranched alkanes of at least 4 members (excludes halogenated alkanes) is 28. The number of carbonyl (C=O) groups excluding carboxylic acids is 4. The van der Waals surface area contributed by atoms with Gasteiger partial charge in [0.05, 0.1) is 6.61 Å². The summed E-state index contributed by atoms with van der Waals surface area (Å²) in [5, 5.41) is 0. The first kappa shape index (κ1) is 65.9. The second kappa shape index (κ2) is 51.2. The first-order valence-electron chi connectivity index (χ1n) is 30.0. The molecule has 4 unspecified atom stereocenters. The Bertz CT molecular complexity index is 1120. The summed E-state index contributed by atoms with van der Waals surface area (Å²) in [7, 11) is 0. The summed E-state index contributed by atoms with van der Waals surface area (Å²) >= 11 is 0. The van der Waals surface area contributed by atoms with Gasteiger partial charge in [0.25, 0.3) is 0 Å². The van der Waals surface area contributed by atoms with Crippen LogP contribution in [0.2, 0.25) is 0 Å². The lowest BCUT2D eigenvalue weighted by Gasteiger charge is -2.27. The zero-order valence-corrected chi connectivity index (χ0v) is 46.1. The van der Waals surface area contributed by atoms with E-state index in [0.29, 0.717) is 44.6 Å². The summed E-state index contributed by atoms with van der Waals surface area (Å²) in [6.45, 7) is 13.8. The highest BCUT2D eigenvalue weighted by Gasteiger charge is 2.28. The largest absolute Gasteiger partial charge is 0.465 e. The van der Waals surface area contributed by atoms with Gasteiger partial charge < -0.3 is 18.9 Å². The lowest BCUT2D eigenvalue weighted by molar-refractivity contribution is -0.169. The van der Waals surface area contributed by atoms with E-state index in [2.05, 4.69) is 41.5 Å². The number of carbonyl (C=O) groups is 4. The van der Waals surface area contributed by atoms with Crippen LogP contribution >= 0.6 is 0 Å². The summed E-state index contributed by atoms with van der Waals surface area (Å²) in [6, 6.07) is 0. The molecule has 0 saturated carbocycles. The Labute approximate surface area is 421 Å². The van der Waals surface area contributed by atoms with Crippen LogP contribution in [0.15, 0.2) is 0 Å². The van der Waals surface area contributed by atoms with Crippen LogP contribution in [0.3, 0.4) is 0 Å². The highest BCUT2D eigenvalue weighted by molar-refractivity contribution is 5.71. The van der Waals surface area contributed by atoms with Gasteiger partial charge in [-0.3, -0.25) is 19.2 Å². The van der Waals surface area contributed by atoms with Crippen LogP contribution in [-0.4, -0.2) is 48.8 Å². The molecule has 0 bridgehead atoms. The lowest BCUT2D eigenvalue weighted by atomic mass is 9.98. The molecule has 8 nitrogen and oxygen atoms in total. The zero-order chi connectivity index (χ0) is 50.0. The van der Waals surface area contributed by atoms with Crippen molar-refractivity contribution in [3.8, 4) is 0 Å². The number of hydrogen-bond acceptors (Lipinski definition) is 8. The predicted octanol–water partition coefficient (Wildman–Crippen LogP) is 18.6. The monoisotopic (exact) mass is 963 g/mol. The van der Waals surface area contributed by atoms with Crippen LogP contribution in [0.25, 0.3) is 0 Å². The molecule has 0 aromatic carbocycles. The van der Waals surface area contributed by atoms with E-state index in [1.807, 2.05) is 0 Å². The van der Waals surface area contributed by atoms with Crippen molar-refractivity contribution in [1.82, 2.24) is 0 Å². The summed E-state index contributed by atoms with van der Waals surface area (Å²) in [5.74, 6) is 0.0498. The fourth-order valence-electron chi connectivity index (χ4n) is 9.30. The molecule has 0 N–H and O–H groups in total. The Kier molecular flexibility index (Phi) is 49.6. The molecule has 0 spiro atoms. The fourth-order valence-corrected chi connectivity index (χ4v) is 9.30. The molecule has 0 fully saturated rings. The minimum Gasteiger partial charge on any atom is -0.465 e. The van der Waals surface area contributed by atoms with Crippen molar-refractivity contribution in [2.24, 2.45) is 5.92 Å². The van der Waals surface area contributed by atoms with E-state index in [-0.39, 0.29) is 30.0 Å². The molecule has 0 aromatic heterocycles. The van der Waals surface area contributed by atoms with Gasteiger partial charge in [0, 0.05) is 25.7 Å². The van der Waals surface area contributed by atoms with Gasteiger partial charge in [0.15, 0.2) is 0 Å². The number of esters is 4. The highest BCUT2D eigenvalue weighted by atomic mass is 16.6. The third-order valence-electron chi connectivity index (χ3n) is 14.0. The lowest BCUT2D eigenvalue weighted by Crippen LogP contribution is -2.35. The van der Waals surface area contributed by atoms with E-state index >= 15 is 0 Å². The quantitative estimate of drug-likeness (QED) is 0.0337. The molecular weight excluding hydrogens is 849 g/mol. The molecule has 0 heterocycles. The standard InChI is InChI=1S/C60H114O8/c1-7-13-18-22-24-29-35-44-54(45-36-30-25-33-39-48-57(61)65-52-53(12-6)43-17-11-5)66-58(62)49-42-34-26-32-38-47-56(68-60(64)51-41-28-21-16-10-4)55(46-37-31-23-19-14-8-2)67-59(63)50-40-27-20-15-9-3/h53-56H,7-52H2,1-6H3. The van der Waals surface area contributed by atoms with Gasteiger partial charge >= 0.3 is 23.9 Å². The number of hydrogen-bond donors (Lipinski definition) is 0. The summed E-state index contributed by atoms with van der Waals surface area (Å²) in [6.07, 6.45) is 45.1. The Morgan fingerprint density at radius 2 is 0.588 bits per heavy atom. The fraction of sp³-hybridized carbons (Fsp3) is 0.933. The molecule has 0 aliphatic rings. The van der Waals surface area contributed by atoms with Crippen molar-refractivity contribution >= 4 is 23.9 Å². The van der Waals surface area contributed by atoms with Gasteiger partial charge in [-0.2, -0.15) is 0 Å². The van der Waals surface area contributed by atoms with Gasteiger partial charge in [-0.1, -0.05) is 221 Å². The van der Waals surface area contributed by atoms with E-state index in [4.69, 9.17) is 18.9 Å². The van der Waals surface area contributed by atoms with Crippen molar-refractivity contribution in [2.75, 3.05) is 6.61 Å². The summed E-state index contributed by atoms with van der Waals surface area (Å²) < 4.78 is 24.2. The van der Waals surface area contributed by atoms with Crippen LogP contribution in [0.1, 0.15) is 330 Å². The van der Waals surface area contributed by atoms with E-state index in [0.717, 1.165) is 154 Å². The third-order valence-corrected chi connectivity index (χ3v) is 14.0. The molecule has 68 heavy (non-hydrogen) atoms. The first-order valence-corrected chi connectivity index (χ1v) is 30.0. The minimum atomic E-state index is -0.413. The zero-order valence-electron chi connectivity index (χ0n) is 46.1. The van der Waals surface area contributed by atoms with E-state index < -0.39 is 12.2 Å². The number of rotatable bonds is 53. The summed E-state index contributed by atoms with van der Waals surface area (Å²) in [5.41, 5.74) is 0. The molecule has 0 aliphatic carbocycles. The minimum absolute atomic E-state index is 0.0113. The maximum atomic E-state index is 13.2. The molecule has 402 valence electrons. The normalized spacial score (nSPS) is 13.2. The van der Waals surface area contributed by atoms with Crippen LogP contribution in [0.4, 0.5) is 0 Å². The summed E-state index contributed by atoms with van der Waals surface area (Å²) in [4.78, 5) is 51.8. The highest BCUT2D eigenvalue weighted by Crippen LogP contribution is 2.24. The molecule has 0 aliphatic heterocycles. The molecule has 8 heteroatoms. The van der Waals surface area contributed by atoms with Gasteiger partial charge in [0.2, 0.25) is 0 Å². The van der Waals surface area contributed by atoms with E-state index in [1.54, 1.807) is 0 Å². The Morgan fingerprint density at radius 1 is 0.294 bits per heavy atom. The average molecular weight is 964 g/mol. The van der Waals surface area contributed by atoms with Gasteiger partial charge in [-0.25, -0.2) is 0 Å². The first-order chi connectivity index (χ1) is 33.2. The Morgan fingerprint density at radius 3 is 0.941 bits per heavy atom. The van der Waals surface area contributed by atoms with Gasteiger partial charge in [-0.15, -0.1) is 0 Å². The topological polar surface area (TPSA) is 105 Å². The molecule has 0 rings (SSSR count). The molecule has 0 saturated heterocycles. The van der Waals surface area contributed by atoms with Gasteiger partial charge in [-0.05, 0) is 89.4 Å². The third kappa shape index (κ3) is 43.9. The van der Waals surface area contributed by atoms with Crippen molar-refractivity contribution in [2.45, 2.75) is 349 Å². The molecular formula is C60H114O8. The van der Waals surface area contributed by atoms with Crippen molar-refractivity contribution in [3.63, 3.8) is 0 Å². The molecule has 4 atom stereocenters. The maximum Gasteiger partial charge on any atom is 0.306 e. The van der Waals surface area contributed by atoms with Crippen molar-refractivity contribution < 1.29 is 38.1 Å². The predicted molar refractivity (Wildman–Crippen MR) is 286 cm³/mol. The van der Waals surface area contributed by atoms with Crippen molar-refractivity contribution in [1.29, 1.82) is 0 Å². The Hall–Kier alpha value is -2.12. The van der Waals surface area contributed by atoms with Crippen LogP contribution < -0.4 is 0 Å². The van der Waals surface area contributed by atoms with E-state index in [9.17, 15) is 19.2 Å².